The zero-order valence-corrected chi connectivity index (χ0v) is 15.1. The van der Waals surface area contributed by atoms with Gasteiger partial charge in [0.1, 0.15) is 5.82 Å². The molecule has 1 fully saturated rings. The molecule has 0 bridgehead atoms. The van der Waals surface area contributed by atoms with Crippen molar-refractivity contribution >= 4 is 0 Å². The fraction of sp³-hybridized carbons (Fsp3) is 0.273. The van der Waals surface area contributed by atoms with E-state index >= 15 is 0 Å². The van der Waals surface area contributed by atoms with Crippen molar-refractivity contribution in [3.05, 3.63) is 72.4 Å². The second kappa shape index (κ2) is 8.37. The van der Waals surface area contributed by atoms with Crippen LogP contribution in [0.2, 0.25) is 0 Å². The molecule has 0 radical (unpaired) electrons. The minimum atomic E-state index is -0.237. The molecule has 5 heteroatoms. The summed E-state index contributed by atoms with van der Waals surface area (Å²) in [5.74, 6) is -0.237. The monoisotopic (exact) mass is 363 g/mol. The van der Waals surface area contributed by atoms with Gasteiger partial charge in [-0.15, -0.1) is 0 Å². The van der Waals surface area contributed by atoms with E-state index in [0.717, 1.165) is 54.0 Å². The van der Waals surface area contributed by atoms with Crippen LogP contribution in [-0.4, -0.2) is 29.2 Å². The van der Waals surface area contributed by atoms with E-state index in [9.17, 15) is 4.39 Å². The predicted octanol–water partition coefficient (Wildman–Crippen LogP) is 4.22. The average Bonchev–Trinajstić information content (AvgIpc) is 2.74. The van der Waals surface area contributed by atoms with E-state index in [1.807, 2.05) is 18.3 Å². The highest BCUT2D eigenvalue weighted by molar-refractivity contribution is 5.69. The summed E-state index contributed by atoms with van der Waals surface area (Å²) in [4.78, 5) is 8.82. The lowest BCUT2D eigenvalue weighted by Gasteiger charge is -2.24. The normalized spacial score (nSPS) is 17.0. The third-order valence-electron chi connectivity index (χ3n) is 4.84. The highest BCUT2D eigenvalue weighted by Crippen LogP contribution is 2.27. The van der Waals surface area contributed by atoms with Crippen LogP contribution >= 0.6 is 0 Å². The molecule has 4 rings (SSSR count). The zero-order valence-electron chi connectivity index (χ0n) is 15.1. The Labute approximate surface area is 158 Å². The Kier molecular flexibility index (Phi) is 5.51. The van der Waals surface area contributed by atoms with Crippen molar-refractivity contribution in [2.75, 3.05) is 13.2 Å². The minimum absolute atomic E-state index is 0.237. The topological polar surface area (TPSA) is 47.0 Å². The predicted molar refractivity (Wildman–Crippen MR) is 104 cm³/mol. The van der Waals surface area contributed by atoms with Crippen molar-refractivity contribution in [1.29, 1.82) is 0 Å². The molecule has 1 aliphatic rings. The van der Waals surface area contributed by atoms with Gasteiger partial charge in [-0.1, -0.05) is 12.1 Å². The number of benzene rings is 1. The molecule has 0 spiro atoms. The minimum Gasteiger partial charge on any atom is -0.380 e. The van der Waals surface area contributed by atoms with Crippen LogP contribution in [0.5, 0.6) is 0 Å². The molecule has 0 saturated carbocycles. The van der Waals surface area contributed by atoms with Crippen LogP contribution in [0.3, 0.4) is 0 Å². The summed E-state index contributed by atoms with van der Waals surface area (Å²) in [6.45, 7) is 2.30. The Morgan fingerprint density at radius 2 is 1.85 bits per heavy atom. The van der Waals surface area contributed by atoms with Crippen molar-refractivity contribution in [3.63, 3.8) is 0 Å². The molecule has 0 aliphatic carbocycles. The molecule has 1 aliphatic heterocycles. The average molecular weight is 363 g/mol. The number of aromatic nitrogens is 2. The van der Waals surface area contributed by atoms with Gasteiger partial charge in [0.15, 0.2) is 0 Å². The molecular formula is C22H22FN3O. The number of hydrogen-bond acceptors (Lipinski definition) is 4. The molecular weight excluding hydrogens is 341 g/mol. The molecule has 1 atom stereocenters. The first-order valence-corrected chi connectivity index (χ1v) is 9.26. The molecule has 0 amide bonds. The lowest BCUT2D eigenvalue weighted by molar-refractivity contribution is 0.0699. The van der Waals surface area contributed by atoms with Gasteiger partial charge in [-0.2, -0.15) is 0 Å². The molecule has 1 N–H and O–H groups in total. The van der Waals surface area contributed by atoms with Crippen molar-refractivity contribution in [2.24, 2.45) is 0 Å². The number of nitrogens with zero attached hydrogens (tertiary/aromatic N) is 2. The number of ether oxygens (including phenoxy) is 1. The van der Waals surface area contributed by atoms with Crippen LogP contribution in [0.15, 0.2) is 61.1 Å². The quantitative estimate of drug-likeness (QED) is 0.737. The van der Waals surface area contributed by atoms with Crippen LogP contribution in [0.25, 0.3) is 22.4 Å². The Hall–Kier alpha value is -2.63. The Morgan fingerprint density at radius 1 is 1.04 bits per heavy atom. The standard InChI is InChI=1S/C22H22FN3O/c23-20-5-3-16(4-6-20)18-12-19(14-25-21-2-1-11-27-15-21)22(26-13-18)17-7-9-24-10-8-17/h3-10,12-13,21,25H,1-2,11,14-15H2/t21-/m1/s1. The van der Waals surface area contributed by atoms with Gasteiger partial charge < -0.3 is 10.1 Å². The molecule has 0 unspecified atom stereocenters. The number of rotatable bonds is 5. The van der Waals surface area contributed by atoms with E-state index in [1.54, 1.807) is 24.5 Å². The van der Waals surface area contributed by atoms with E-state index in [2.05, 4.69) is 16.4 Å². The van der Waals surface area contributed by atoms with Crippen molar-refractivity contribution < 1.29 is 9.13 Å². The summed E-state index contributed by atoms with van der Waals surface area (Å²) >= 11 is 0. The van der Waals surface area contributed by atoms with Gasteiger partial charge in [-0.25, -0.2) is 4.39 Å². The fourth-order valence-electron chi connectivity index (χ4n) is 3.37. The largest absolute Gasteiger partial charge is 0.380 e. The first-order chi connectivity index (χ1) is 13.3. The molecule has 1 saturated heterocycles. The van der Waals surface area contributed by atoms with Gasteiger partial charge in [0.05, 0.1) is 12.3 Å². The molecule has 4 nitrogen and oxygen atoms in total. The van der Waals surface area contributed by atoms with Gasteiger partial charge in [-0.05, 0) is 54.3 Å². The second-order valence-corrected chi connectivity index (χ2v) is 6.77. The SMILES string of the molecule is Fc1ccc(-c2cnc(-c3ccncc3)c(CN[C@@H]3CCCOC3)c2)cc1. The van der Waals surface area contributed by atoms with E-state index < -0.39 is 0 Å². The number of nitrogens with one attached hydrogen (secondary N) is 1. The highest BCUT2D eigenvalue weighted by atomic mass is 19.1. The summed E-state index contributed by atoms with van der Waals surface area (Å²) in [5.41, 5.74) is 5.00. The van der Waals surface area contributed by atoms with Crippen LogP contribution < -0.4 is 5.32 Å². The van der Waals surface area contributed by atoms with Gasteiger partial charge >= 0.3 is 0 Å². The number of pyridine rings is 2. The van der Waals surface area contributed by atoms with Crippen molar-refractivity contribution in [3.8, 4) is 22.4 Å². The van der Waals surface area contributed by atoms with Gasteiger partial charge in [0.25, 0.3) is 0 Å². The molecule has 1 aromatic carbocycles. The summed E-state index contributed by atoms with van der Waals surface area (Å²) in [5, 5.41) is 3.60. The lowest BCUT2D eigenvalue weighted by atomic mass is 10.0. The number of halogens is 1. The maximum atomic E-state index is 13.3. The Morgan fingerprint density at radius 3 is 2.59 bits per heavy atom. The maximum Gasteiger partial charge on any atom is 0.123 e. The first-order valence-electron chi connectivity index (χ1n) is 9.26. The Bertz CT molecular complexity index is 878. The molecule has 27 heavy (non-hydrogen) atoms. The van der Waals surface area contributed by atoms with Crippen LogP contribution in [0.1, 0.15) is 18.4 Å². The summed E-state index contributed by atoms with van der Waals surface area (Å²) in [6, 6.07) is 12.9. The van der Waals surface area contributed by atoms with Crippen molar-refractivity contribution in [2.45, 2.75) is 25.4 Å². The second-order valence-electron chi connectivity index (χ2n) is 6.77. The molecule has 138 valence electrons. The maximum absolute atomic E-state index is 13.3. The smallest absolute Gasteiger partial charge is 0.123 e. The summed E-state index contributed by atoms with van der Waals surface area (Å²) in [6.07, 6.45) is 7.60. The fourth-order valence-corrected chi connectivity index (χ4v) is 3.37. The van der Waals surface area contributed by atoms with Crippen LogP contribution in [-0.2, 0) is 11.3 Å². The number of hydrogen-bond donors (Lipinski definition) is 1. The van der Waals surface area contributed by atoms with Crippen LogP contribution in [0, 0.1) is 5.82 Å². The zero-order chi connectivity index (χ0) is 18.5. The van der Waals surface area contributed by atoms with Gasteiger partial charge in [0.2, 0.25) is 0 Å². The summed E-state index contributed by atoms with van der Waals surface area (Å²) < 4.78 is 18.8. The van der Waals surface area contributed by atoms with Gasteiger partial charge in [0, 0.05) is 48.9 Å². The van der Waals surface area contributed by atoms with E-state index in [1.165, 1.54) is 12.1 Å². The Balaban J connectivity index is 1.65. The van der Waals surface area contributed by atoms with E-state index in [4.69, 9.17) is 9.72 Å². The molecule has 2 aromatic heterocycles. The van der Waals surface area contributed by atoms with Gasteiger partial charge in [-0.3, -0.25) is 9.97 Å². The van der Waals surface area contributed by atoms with Crippen LogP contribution in [0.4, 0.5) is 4.39 Å². The van der Waals surface area contributed by atoms with Crippen molar-refractivity contribution in [1.82, 2.24) is 15.3 Å². The van der Waals surface area contributed by atoms with E-state index in [0.29, 0.717) is 12.6 Å². The third kappa shape index (κ3) is 4.38. The highest BCUT2D eigenvalue weighted by Gasteiger charge is 2.15. The van der Waals surface area contributed by atoms with E-state index in [-0.39, 0.29) is 5.82 Å². The molecule has 3 heterocycles. The summed E-state index contributed by atoms with van der Waals surface area (Å²) in [7, 11) is 0. The third-order valence-corrected chi connectivity index (χ3v) is 4.84. The lowest BCUT2D eigenvalue weighted by Crippen LogP contribution is -2.36. The molecule has 3 aromatic rings. The first kappa shape index (κ1) is 17.8.